The molecule has 106 valence electrons. The lowest BCUT2D eigenvalue weighted by Crippen LogP contribution is -2.47. The summed E-state index contributed by atoms with van der Waals surface area (Å²) >= 11 is 2.12. The predicted octanol–water partition coefficient (Wildman–Crippen LogP) is 2.82. The molecule has 0 amide bonds. The van der Waals surface area contributed by atoms with Crippen LogP contribution in [0.5, 0.6) is 0 Å². The molecule has 4 unspecified atom stereocenters. The minimum Gasteiger partial charge on any atom is -0.327 e. The van der Waals surface area contributed by atoms with Crippen molar-refractivity contribution in [2.24, 2.45) is 23.5 Å². The van der Waals surface area contributed by atoms with Gasteiger partial charge in [-0.25, -0.2) is 0 Å². The van der Waals surface area contributed by atoms with Gasteiger partial charge in [-0.1, -0.05) is 20.8 Å². The van der Waals surface area contributed by atoms with Crippen LogP contribution in [0.4, 0.5) is 0 Å². The van der Waals surface area contributed by atoms with Crippen molar-refractivity contribution in [2.45, 2.75) is 51.3 Å². The SMILES string of the molecule is CC1CN(CC2CC(C(C)C)CCC2N)CCS1. The van der Waals surface area contributed by atoms with Crippen LogP contribution in [0.1, 0.15) is 40.0 Å². The molecule has 2 nitrogen and oxygen atoms in total. The van der Waals surface area contributed by atoms with Gasteiger partial charge in [0.2, 0.25) is 0 Å². The molecule has 0 aromatic rings. The van der Waals surface area contributed by atoms with Gasteiger partial charge in [-0.05, 0) is 37.0 Å². The summed E-state index contributed by atoms with van der Waals surface area (Å²) in [4.78, 5) is 2.66. The number of thioether (sulfide) groups is 1. The Morgan fingerprint density at radius 2 is 2.11 bits per heavy atom. The quantitative estimate of drug-likeness (QED) is 0.855. The average molecular weight is 270 g/mol. The van der Waals surface area contributed by atoms with Crippen LogP contribution < -0.4 is 5.73 Å². The Kier molecular flexibility index (Phi) is 5.40. The van der Waals surface area contributed by atoms with Crippen molar-refractivity contribution in [1.82, 2.24) is 4.90 Å². The molecule has 4 atom stereocenters. The summed E-state index contributed by atoms with van der Waals surface area (Å²) in [7, 11) is 0. The van der Waals surface area contributed by atoms with Crippen molar-refractivity contribution in [2.75, 3.05) is 25.4 Å². The molecule has 1 saturated heterocycles. The van der Waals surface area contributed by atoms with E-state index < -0.39 is 0 Å². The summed E-state index contributed by atoms with van der Waals surface area (Å²) in [6.07, 6.45) is 3.95. The maximum atomic E-state index is 6.36. The predicted molar refractivity (Wildman–Crippen MR) is 82.0 cm³/mol. The van der Waals surface area contributed by atoms with E-state index in [0.29, 0.717) is 6.04 Å². The van der Waals surface area contributed by atoms with Crippen LogP contribution >= 0.6 is 11.8 Å². The summed E-state index contributed by atoms with van der Waals surface area (Å²) in [6.45, 7) is 10.9. The molecule has 1 aliphatic heterocycles. The number of hydrogen-bond acceptors (Lipinski definition) is 3. The molecule has 2 rings (SSSR count). The third-order valence-electron chi connectivity index (χ3n) is 4.84. The molecule has 0 aromatic carbocycles. The normalized spacial score (nSPS) is 39.2. The van der Waals surface area contributed by atoms with Gasteiger partial charge < -0.3 is 10.6 Å². The Balaban J connectivity index is 1.86. The van der Waals surface area contributed by atoms with Crippen molar-refractivity contribution in [3.05, 3.63) is 0 Å². The second kappa shape index (κ2) is 6.62. The van der Waals surface area contributed by atoms with E-state index >= 15 is 0 Å². The highest BCUT2D eigenvalue weighted by Gasteiger charge is 2.31. The minimum absolute atomic E-state index is 0.449. The van der Waals surface area contributed by atoms with Crippen LogP contribution in [-0.2, 0) is 0 Å². The van der Waals surface area contributed by atoms with Crippen molar-refractivity contribution < 1.29 is 0 Å². The number of nitrogens with two attached hydrogens (primary N) is 1. The molecule has 1 heterocycles. The Bertz CT molecular complexity index is 257. The van der Waals surface area contributed by atoms with Gasteiger partial charge in [-0.3, -0.25) is 0 Å². The first-order valence-electron chi connectivity index (χ1n) is 7.65. The second-order valence-electron chi connectivity index (χ2n) is 6.68. The van der Waals surface area contributed by atoms with Crippen LogP contribution in [0.2, 0.25) is 0 Å². The largest absolute Gasteiger partial charge is 0.327 e. The van der Waals surface area contributed by atoms with Gasteiger partial charge in [-0.2, -0.15) is 11.8 Å². The smallest absolute Gasteiger partial charge is 0.0147 e. The first-order chi connectivity index (χ1) is 8.56. The molecule has 18 heavy (non-hydrogen) atoms. The Labute approximate surface area is 117 Å². The fourth-order valence-corrected chi connectivity index (χ4v) is 4.61. The van der Waals surface area contributed by atoms with E-state index in [2.05, 4.69) is 37.4 Å². The van der Waals surface area contributed by atoms with Crippen LogP contribution in [0.25, 0.3) is 0 Å². The van der Waals surface area contributed by atoms with E-state index in [4.69, 9.17) is 5.73 Å². The Morgan fingerprint density at radius 1 is 1.33 bits per heavy atom. The molecule has 0 bridgehead atoms. The van der Waals surface area contributed by atoms with Crippen LogP contribution in [0.15, 0.2) is 0 Å². The van der Waals surface area contributed by atoms with Crippen LogP contribution in [0.3, 0.4) is 0 Å². The summed E-state index contributed by atoms with van der Waals surface area (Å²) in [5.41, 5.74) is 6.36. The lowest BCUT2D eigenvalue weighted by molar-refractivity contribution is 0.139. The molecular formula is C15H30N2S. The van der Waals surface area contributed by atoms with E-state index in [0.717, 1.165) is 23.0 Å². The van der Waals surface area contributed by atoms with Crippen molar-refractivity contribution >= 4 is 11.8 Å². The van der Waals surface area contributed by atoms with Gasteiger partial charge in [0.25, 0.3) is 0 Å². The lowest BCUT2D eigenvalue weighted by atomic mass is 9.73. The molecule has 3 heteroatoms. The zero-order valence-electron chi connectivity index (χ0n) is 12.3. The van der Waals surface area contributed by atoms with Gasteiger partial charge in [-0.15, -0.1) is 0 Å². The number of rotatable bonds is 3. The van der Waals surface area contributed by atoms with E-state index in [9.17, 15) is 0 Å². The minimum atomic E-state index is 0.449. The highest BCUT2D eigenvalue weighted by atomic mass is 32.2. The summed E-state index contributed by atoms with van der Waals surface area (Å²) in [5.74, 6) is 3.78. The monoisotopic (exact) mass is 270 g/mol. The van der Waals surface area contributed by atoms with Gasteiger partial charge in [0.15, 0.2) is 0 Å². The Morgan fingerprint density at radius 3 is 2.78 bits per heavy atom. The van der Waals surface area contributed by atoms with Gasteiger partial charge in [0.1, 0.15) is 0 Å². The van der Waals surface area contributed by atoms with E-state index in [1.807, 2.05) is 0 Å². The molecule has 2 N–H and O–H groups in total. The highest BCUT2D eigenvalue weighted by Crippen LogP contribution is 2.34. The van der Waals surface area contributed by atoms with Gasteiger partial charge in [0, 0.05) is 36.7 Å². The third kappa shape index (κ3) is 3.88. The highest BCUT2D eigenvalue weighted by molar-refractivity contribution is 7.99. The summed E-state index contributed by atoms with van der Waals surface area (Å²) < 4.78 is 0. The van der Waals surface area contributed by atoms with E-state index in [1.54, 1.807) is 0 Å². The second-order valence-corrected chi connectivity index (χ2v) is 8.23. The third-order valence-corrected chi connectivity index (χ3v) is 5.98. The first-order valence-corrected chi connectivity index (χ1v) is 8.70. The van der Waals surface area contributed by atoms with Crippen molar-refractivity contribution in [3.63, 3.8) is 0 Å². The van der Waals surface area contributed by atoms with Crippen LogP contribution in [0, 0.1) is 17.8 Å². The maximum absolute atomic E-state index is 6.36. The molecule has 1 aliphatic carbocycles. The fraction of sp³-hybridized carbons (Fsp3) is 1.00. The van der Waals surface area contributed by atoms with Crippen molar-refractivity contribution in [3.8, 4) is 0 Å². The van der Waals surface area contributed by atoms with Gasteiger partial charge >= 0.3 is 0 Å². The summed E-state index contributed by atoms with van der Waals surface area (Å²) in [6, 6.07) is 0.449. The average Bonchev–Trinajstić information content (AvgIpc) is 2.31. The number of nitrogens with zero attached hydrogens (tertiary/aromatic N) is 1. The van der Waals surface area contributed by atoms with E-state index in [1.165, 1.54) is 44.6 Å². The molecular weight excluding hydrogens is 240 g/mol. The maximum Gasteiger partial charge on any atom is 0.0147 e. The molecule has 0 radical (unpaired) electrons. The zero-order valence-corrected chi connectivity index (χ0v) is 13.1. The number of hydrogen-bond donors (Lipinski definition) is 1. The molecule has 1 saturated carbocycles. The molecule has 2 aliphatic rings. The van der Waals surface area contributed by atoms with Gasteiger partial charge in [0.05, 0.1) is 0 Å². The topological polar surface area (TPSA) is 29.3 Å². The molecule has 2 fully saturated rings. The first kappa shape index (κ1) is 14.7. The standard InChI is InChI=1S/C15H30N2S/c1-11(2)13-4-5-15(16)14(8-13)10-17-6-7-18-12(3)9-17/h11-15H,4-10,16H2,1-3H3. The Hall–Kier alpha value is 0.270. The van der Waals surface area contributed by atoms with Crippen molar-refractivity contribution in [1.29, 1.82) is 0 Å². The molecule has 0 aromatic heterocycles. The van der Waals surface area contributed by atoms with E-state index in [-0.39, 0.29) is 0 Å². The summed E-state index contributed by atoms with van der Waals surface area (Å²) in [5, 5.41) is 0.805. The zero-order chi connectivity index (χ0) is 13.1. The molecule has 0 spiro atoms. The fourth-order valence-electron chi connectivity index (χ4n) is 3.53. The lowest BCUT2D eigenvalue weighted by Gasteiger charge is -2.40. The van der Waals surface area contributed by atoms with Crippen LogP contribution in [-0.4, -0.2) is 41.6 Å².